The molecule has 2 aromatic rings. The number of anilines is 4. The van der Waals surface area contributed by atoms with Gasteiger partial charge in [0.1, 0.15) is 0 Å². The second kappa shape index (κ2) is 6.59. The normalized spacial score (nSPS) is 9.91. The van der Waals surface area contributed by atoms with Crippen LogP contribution in [-0.2, 0) is 4.79 Å². The van der Waals surface area contributed by atoms with E-state index in [0.29, 0.717) is 28.3 Å². The highest BCUT2D eigenvalue weighted by atomic mass is 16.2. The number of nitrogens with two attached hydrogens (primary N) is 2. The summed E-state index contributed by atoms with van der Waals surface area (Å²) in [6, 6.07) is 11.6. The van der Waals surface area contributed by atoms with E-state index in [2.05, 4.69) is 16.1 Å². The Labute approximate surface area is 127 Å². The van der Waals surface area contributed by atoms with Crippen LogP contribution in [0.15, 0.2) is 42.5 Å². The van der Waals surface area contributed by atoms with Gasteiger partial charge in [-0.2, -0.15) is 0 Å². The van der Waals surface area contributed by atoms with Crippen LogP contribution >= 0.6 is 0 Å². The van der Waals surface area contributed by atoms with Crippen molar-refractivity contribution in [3.05, 3.63) is 48.0 Å². The third-order valence-electron chi connectivity index (χ3n) is 2.93. The number of hydrogen-bond donors (Lipinski definition) is 5. The molecule has 7 N–H and O–H groups in total. The molecule has 0 spiro atoms. The molecule has 114 valence electrons. The fourth-order valence-electron chi connectivity index (χ4n) is 1.88. The van der Waals surface area contributed by atoms with Gasteiger partial charge in [0.25, 0.3) is 5.91 Å². The van der Waals surface area contributed by atoms with Crippen molar-refractivity contribution in [2.45, 2.75) is 6.92 Å². The van der Waals surface area contributed by atoms with E-state index in [9.17, 15) is 9.59 Å². The summed E-state index contributed by atoms with van der Waals surface area (Å²) < 4.78 is 0. The van der Waals surface area contributed by atoms with Crippen LogP contribution in [0.5, 0.6) is 0 Å². The Kier molecular flexibility index (Phi) is 4.60. The van der Waals surface area contributed by atoms with Gasteiger partial charge in [0.05, 0.1) is 11.4 Å². The minimum atomic E-state index is -0.289. The average Bonchev–Trinajstić information content (AvgIpc) is 2.48. The van der Waals surface area contributed by atoms with Crippen molar-refractivity contribution in [3.8, 4) is 0 Å². The first kappa shape index (κ1) is 15.3. The van der Waals surface area contributed by atoms with Gasteiger partial charge in [-0.05, 0) is 42.5 Å². The number of amides is 2. The number of nitrogens with one attached hydrogen (secondary N) is 3. The van der Waals surface area contributed by atoms with Crippen molar-refractivity contribution >= 4 is 34.6 Å². The van der Waals surface area contributed by atoms with Crippen LogP contribution in [0.2, 0.25) is 0 Å². The van der Waals surface area contributed by atoms with Crippen LogP contribution in [0.4, 0.5) is 22.7 Å². The highest BCUT2D eigenvalue weighted by Crippen LogP contribution is 2.20. The lowest BCUT2D eigenvalue weighted by molar-refractivity contribution is -0.114. The molecule has 0 saturated heterocycles. The molecule has 0 atom stereocenters. The number of carbonyl (C=O) groups is 2. The van der Waals surface area contributed by atoms with E-state index < -0.39 is 0 Å². The molecule has 0 fully saturated rings. The Morgan fingerprint density at radius 1 is 0.955 bits per heavy atom. The molecule has 7 nitrogen and oxygen atoms in total. The molecule has 0 aromatic heterocycles. The van der Waals surface area contributed by atoms with Gasteiger partial charge in [-0.3, -0.25) is 15.4 Å². The summed E-state index contributed by atoms with van der Waals surface area (Å²) in [7, 11) is 0. The molecule has 0 aliphatic carbocycles. The van der Waals surface area contributed by atoms with E-state index in [4.69, 9.17) is 11.6 Å². The first-order valence-electron chi connectivity index (χ1n) is 6.54. The van der Waals surface area contributed by atoms with Gasteiger partial charge in [-0.15, -0.1) is 0 Å². The molecular formula is C15H17N5O2. The quantitative estimate of drug-likeness (QED) is 0.334. The molecule has 0 aliphatic heterocycles. The van der Waals surface area contributed by atoms with Gasteiger partial charge < -0.3 is 21.8 Å². The van der Waals surface area contributed by atoms with Gasteiger partial charge in [-0.1, -0.05) is 0 Å². The van der Waals surface area contributed by atoms with Crippen LogP contribution < -0.4 is 27.6 Å². The summed E-state index contributed by atoms with van der Waals surface area (Å²) in [5, 5.41) is 5.39. The number of hydrogen-bond acceptors (Lipinski definition) is 5. The zero-order valence-electron chi connectivity index (χ0n) is 12.0. The van der Waals surface area contributed by atoms with Gasteiger partial charge in [0.2, 0.25) is 5.91 Å². The third-order valence-corrected chi connectivity index (χ3v) is 2.93. The lowest BCUT2D eigenvalue weighted by atomic mass is 10.1. The highest BCUT2D eigenvalue weighted by molar-refractivity contribution is 6.05. The topological polar surface area (TPSA) is 122 Å². The van der Waals surface area contributed by atoms with Crippen LogP contribution in [0, 0.1) is 0 Å². The zero-order chi connectivity index (χ0) is 16.1. The standard InChI is InChI=1S/C15H17N5O2/c1-9(21)18-11-3-5-12(6-4-11)19-15(22)10-2-7-14(20-17)13(16)8-10/h2-8,20H,16-17H2,1H3,(H,18,21)(H,19,22). The third kappa shape index (κ3) is 3.74. The van der Waals surface area contributed by atoms with Gasteiger partial charge in [-0.25, -0.2) is 0 Å². The molecule has 2 rings (SSSR count). The number of hydrazine groups is 1. The molecule has 0 aliphatic rings. The predicted molar refractivity (Wildman–Crippen MR) is 87.4 cm³/mol. The van der Waals surface area contributed by atoms with E-state index in [-0.39, 0.29) is 11.8 Å². The minimum Gasteiger partial charge on any atom is -0.397 e. The number of rotatable bonds is 4. The molecule has 0 bridgehead atoms. The van der Waals surface area contributed by atoms with Crippen LogP contribution in [-0.4, -0.2) is 11.8 Å². The summed E-state index contributed by atoms with van der Waals surface area (Å²) in [6.07, 6.45) is 0. The van der Waals surface area contributed by atoms with Crippen LogP contribution in [0.1, 0.15) is 17.3 Å². The number of benzene rings is 2. The molecular weight excluding hydrogens is 282 g/mol. The van der Waals surface area contributed by atoms with Crippen LogP contribution in [0.25, 0.3) is 0 Å². The second-order valence-electron chi connectivity index (χ2n) is 4.66. The van der Waals surface area contributed by atoms with E-state index >= 15 is 0 Å². The van der Waals surface area contributed by atoms with Crippen molar-refractivity contribution < 1.29 is 9.59 Å². The van der Waals surface area contributed by atoms with Crippen molar-refractivity contribution in [1.29, 1.82) is 0 Å². The monoisotopic (exact) mass is 299 g/mol. The maximum Gasteiger partial charge on any atom is 0.255 e. The predicted octanol–water partition coefficient (Wildman–Crippen LogP) is 1.77. The molecule has 0 unspecified atom stereocenters. The summed E-state index contributed by atoms with van der Waals surface area (Å²) in [4.78, 5) is 23.1. The van der Waals surface area contributed by atoms with E-state index in [1.807, 2.05) is 0 Å². The van der Waals surface area contributed by atoms with Crippen molar-refractivity contribution in [2.75, 3.05) is 21.8 Å². The maximum absolute atomic E-state index is 12.1. The molecule has 0 heterocycles. The van der Waals surface area contributed by atoms with Gasteiger partial charge in [0.15, 0.2) is 0 Å². The highest BCUT2D eigenvalue weighted by Gasteiger charge is 2.08. The summed E-state index contributed by atoms with van der Waals surface area (Å²) in [6.45, 7) is 1.43. The Bertz CT molecular complexity index is 698. The van der Waals surface area contributed by atoms with Crippen molar-refractivity contribution in [2.24, 2.45) is 5.84 Å². The van der Waals surface area contributed by atoms with E-state index in [1.165, 1.54) is 13.0 Å². The smallest absolute Gasteiger partial charge is 0.255 e. The van der Waals surface area contributed by atoms with E-state index in [0.717, 1.165) is 0 Å². The Hall–Kier alpha value is -3.06. The zero-order valence-corrected chi connectivity index (χ0v) is 12.0. The molecule has 2 aromatic carbocycles. The van der Waals surface area contributed by atoms with Crippen molar-refractivity contribution in [1.82, 2.24) is 0 Å². The van der Waals surface area contributed by atoms with Gasteiger partial charge >= 0.3 is 0 Å². The lowest BCUT2D eigenvalue weighted by Crippen LogP contribution is -2.14. The minimum absolute atomic E-state index is 0.152. The van der Waals surface area contributed by atoms with Crippen molar-refractivity contribution in [3.63, 3.8) is 0 Å². The molecule has 7 heteroatoms. The fourth-order valence-corrected chi connectivity index (χ4v) is 1.88. The fraction of sp³-hybridized carbons (Fsp3) is 0.0667. The first-order chi connectivity index (χ1) is 10.5. The molecule has 2 amide bonds. The molecule has 22 heavy (non-hydrogen) atoms. The Balaban J connectivity index is 2.08. The Morgan fingerprint density at radius 2 is 1.55 bits per heavy atom. The molecule has 0 saturated carbocycles. The van der Waals surface area contributed by atoms with E-state index in [1.54, 1.807) is 36.4 Å². The Morgan fingerprint density at radius 3 is 2.05 bits per heavy atom. The maximum atomic E-state index is 12.1. The number of nitrogen functional groups attached to an aromatic ring is 2. The van der Waals surface area contributed by atoms with Crippen LogP contribution in [0.3, 0.4) is 0 Å². The van der Waals surface area contributed by atoms with Gasteiger partial charge in [0, 0.05) is 23.9 Å². The summed E-state index contributed by atoms with van der Waals surface area (Å²) >= 11 is 0. The molecule has 0 radical (unpaired) electrons. The summed E-state index contributed by atoms with van der Waals surface area (Å²) in [5.74, 6) is 4.85. The second-order valence-corrected chi connectivity index (χ2v) is 4.66. The SMILES string of the molecule is CC(=O)Nc1ccc(NC(=O)c2ccc(NN)c(N)c2)cc1. The first-order valence-corrected chi connectivity index (χ1v) is 6.54. The number of carbonyl (C=O) groups excluding carboxylic acids is 2. The lowest BCUT2D eigenvalue weighted by Gasteiger charge is -2.09. The summed E-state index contributed by atoms with van der Waals surface area (Å²) in [5.41, 5.74) is 10.8. The largest absolute Gasteiger partial charge is 0.397 e. The average molecular weight is 299 g/mol.